The lowest BCUT2D eigenvalue weighted by Gasteiger charge is -2.07. The van der Waals surface area contributed by atoms with Crippen LogP contribution in [0.25, 0.3) is 0 Å². The molecule has 7 heteroatoms. The highest BCUT2D eigenvalue weighted by Crippen LogP contribution is 2.14. The van der Waals surface area contributed by atoms with Crippen LogP contribution in [-0.4, -0.2) is 30.0 Å². The van der Waals surface area contributed by atoms with Crippen LogP contribution in [0.4, 0.5) is 8.78 Å². The predicted molar refractivity (Wildman–Crippen MR) is 56.2 cm³/mol. The van der Waals surface area contributed by atoms with Crippen molar-refractivity contribution in [2.75, 3.05) is 14.1 Å². The van der Waals surface area contributed by atoms with E-state index in [2.05, 4.69) is 25.6 Å². The summed E-state index contributed by atoms with van der Waals surface area (Å²) in [5, 5.41) is 5.67. The van der Waals surface area contributed by atoms with E-state index >= 15 is 0 Å². The maximum Gasteiger partial charge on any atom is 0.280 e. The third-order valence-corrected chi connectivity index (χ3v) is 1.82. The molecule has 0 atom stereocenters. The molecule has 1 aromatic heterocycles. The van der Waals surface area contributed by atoms with E-state index in [-0.39, 0.29) is 12.2 Å². The first-order chi connectivity index (χ1) is 7.67. The van der Waals surface area contributed by atoms with Gasteiger partial charge in [0.05, 0.1) is 6.54 Å². The van der Waals surface area contributed by atoms with Crippen molar-refractivity contribution in [1.29, 1.82) is 0 Å². The van der Waals surface area contributed by atoms with Crippen LogP contribution in [0.1, 0.15) is 17.9 Å². The monoisotopic (exact) mass is 229 g/mol. The Morgan fingerprint density at radius 2 is 2.31 bits per heavy atom. The van der Waals surface area contributed by atoms with Gasteiger partial charge in [-0.05, 0) is 6.07 Å². The lowest BCUT2D eigenvalue weighted by molar-refractivity contribution is 0.145. The van der Waals surface area contributed by atoms with Gasteiger partial charge in [-0.15, -0.1) is 0 Å². The number of nitrogens with one attached hydrogen (secondary N) is 2. The van der Waals surface area contributed by atoms with Gasteiger partial charge in [-0.3, -0.25) is 4.99 Å². The molecule has 0 aliphatic carbocycles. The molecule has 0 spiro atoms. The van der Waals surface area contributed by atoms with Gasteiger partial charge in [-0.1, -0.05) is 0 Å². The van der Waals surface area contributed by atoms with Gasteiger partial charge in [-0.25, -0.2) is 18.7 Å². The number of rotatable bonds is 3. The summed E-state index contributed by atoms with van der Waals surface area (Å²) in [5.74, 6) is 0.847. The minimum absolute atomic E-state index is 0.244. The predicted octanol–water partition coefficient (Wildman–Crippen LogP) is 0.709. The lowest BCUT2D eigenvalue weighted by Crippen LogP contribution is -2.34. The summed E-state index contributed by atoms with van der Waals surface area (Å²) in [6.07, 6.45) is -1.27. The van der Waals surface area contributed by atoms with Crippen molar-refractivity contribution >= 4 is 5.96 Å². The van der Waals surface area contributed by atoms with E-state index in [1.165, 1.54) is 12.3 Å². The second-order valence-corrected chi connectivity index (χ2v) is 2.87. The normalized spacial score (nSPS) is 11.7. The molecule has 0 amide bonds. The smallest absolute Gasteiger partial charge is 0.280 e. The molecule has 88 valence electrons. The Morgan fingerprint density at radius 1 is 1.56 bits per heavy atom. The Balaban J connectivity index is 2.64. The van der Waals surface area contributed by atoms with Crippen LogP contribution >= 0.6 is 0 Å². The molecule has 0 fully saturated rings. The van der Waals surface area contributed by atoms with Gasteiger partial charge in [0.25, 0.3) is 6.43 Å². The Bertz CT molecular complexity index is 367. The molecule has 0 bridgehead atoms. The molecule has 0 saturated carbocycles. The molecule has 1 rings (SSSR count). The molecule has 2 N–H and O–H groups in total. The fourth-order valence-electron chi connectivity index (χ4n) is 1.06. The number of aromatic nitrogens is 2. The van der Waals surface area contributed by atoms with Crippen molar-refractivity contribution < 1.29 is 8.78 Å². The van der Waals surface area contributed by atoms with E-state index in [1.807, 2.05) is 0 Å². The fourth-order valence-corrected chi connectivity index (χ4v) is 1.06. The summed E-state index contributed by atoms with van der Waals surface area (Å²) in [7, 11) is 3.31. The summed E-state index contributed by atoms with van der Waals surface area (Å²) in [6, 6.07) is 1.20. The van der Waals surface area contributed by atoms with E-state index in [4.69, 9.17) is 0 Å². The van der Waals surface area contributed by atoms with Crippen LogP contribution < -0.4 is 10.6 Å². The van der Waals surface area contributed by atoms with Crippen molar-refractivity contribution in [2.24, 2.45) is 4.99 Å². The zero-order valence-corrected chi connectivity index (χ0v) is 9.04. The minimum Gasteiger partial charge on any atom is -0.359 e. The summed E-state index contributed by atoms with van der Waals surface area (Å²) in [6.45, 7) is 0.244. The van der Waals surface area contributed by atoms with Crippen molar-refractivity contribution in [2.45, 2.75) is 13.0 Å². The second kappa shape index (κ2) is 5.94. The molecule has 0 aliphatic heterocycles. The van der Waals surface area contributed by atoms with Crippen molar-refractivity contribution in [3.05, 3.63) is 23.8 Å². The first-order valence-corrected chi connectivity index (χ1v) is 4.65. The SMILES string of the molecule is CN=C(NC)NCc1nccc(C(F)F)n1. The van der Waals surface area contributed by atoms with Crippen molar-refractivity contribution in [3.63, 3.8) is 0 Å². The summed E-state index contributed by atoms with van der Waals surface area (Å²) in [5.41, 5.74) is -0.272. The average Bonchev–Trinajstić information content (AvgIpc) is 2.31. The second-order valence-electron chi connectivity index (χ2n) is 2.87. The molecular formula is C9H13F2N5. The number of alkyl halides is 2. The van der Waals surface area contributed by atoms with Crippen LogP contribution in [0, 0.1) is 0 Å². The maximum atomic E-state index is 12.3. The Kier molecular flexibility index (Phi) is 4.56. The number of aliphatic imine (C=N–C) groups is 1. The molecule has 0 aliphatic rings. The van der Waals surface area contributed by atoms with Gasteiger partial charge in [0, 0.05) is 20.3 Å². The van der Waals surface area contributed by atoms with E-state index < -0.39 is 6.43 Å². The quantitative estimate of drug-likeness (QED) is 0.592. The number of guanidine groups is 1. The lowest BCUT2D eigenvalue weighted by atomic mass is 10.4. The summed E-state index contributed by atoms with van der Waals surface area (Å²) in [4.78, 5) is 11.4. The maximum absolute atomic E-state index is 12.3. The van der Waals surface area contributed by atoms with E-state index in [0.717, 1.165) is 0 Å². The number of halogens is 2. The highest BCUT2D eigenvalue weighted by molar-refractivity contribution is 5.79. The van der Waals surface area contributed by atoms with Gasteiger partial charge in [0.1, 0.15) is 11.5 Å². The van der Waals surface area contributed by atoms with Gasteiger partial charge < -0.3 is 10.6 Å². The van der Waals surface area contributed by atoms with Crippen molar-refractivity contribution in [1.82, 2.24) is 20.6 Å². The van der Waals surface area contributed by atoms with Crippen LogP contribution in [0.15, 0.2) is 17.3 Å². The van der Waals surface area contributed by atoms with Gasteiger partial charge in [0.15, 0.2) is 5.96 Å². The number of hydrogen-bond acceptors (Lipinski definition) is 3. The minimum atomic E-state index is -2.58. The summed E-state index contributed by atoms with van der Waals surface area (Å²) < 4.78 is 24.7. The van der Waals surface area contributed by atoms with E-state index in [9.17, 15) is 8.78 Å². The van der Waals surface area contributed by atoms with Crippen molar-refractivity contribution in [3.8, 4) is 0 Å². The fraction of sp³-hybridized carbons (Fsp3) is 0.444. The highest BCUT2D eigenvalue weighted by atomic mass is 19.3. The average molecular weight is 229 g/mol. The van der Waals surface area contributed by atoms with Crippen LogP contribution in [0.3, 0.4) is 0 Å². The molecule has 0 unspecified atom stereocenters. The Morgan fingerprint density at radius 3 is 2.88 bits per heavy atom. The first-order valence-electron chi connectivity index (χ1n) is 4.65. The van der Waals surface area contributed by atoms with Crippen LogP contribution in [-0.2, 0) is 6.54 Å². The zero-order chi connectivity index (χ0) is 12.0. The molecule has 0 aromatic carbocycles. The molecular weight excluding hydrogens is 216 g/mol. The largest absolute Gasteiger partial charge is 0.359 e. The topological polar surface area (TPSA) is 62.2 Å². The Labute approximate surface area is 92.0 Å². The standard InChI is InChI=1S/C9H13F2N5/c1-12-9(13-2)15-5-7-14-4-3-6(16-7)8(10)11/h3-4,8H,5H2,1-2H3,(H2,12,13,15). The van der Waals surface area contributed by atoms with E-state index in [1.54, 1.807) is 14.1 Å². The number of nitrogens with zero attached hydrogens (tertiary/aromatic N) is 3. The molecule has 0 radical (unpaired) electrons. The molecule has 1 aromatic rings. The Hall–Kier alpha value is -1.79. The first kappa shape index (κ1) is 12.3. The van der Waals surface area contributed by atoms with Gasteiger partial charge in [0.2, 0.25) is 0 Å². The summed E-state index contributed by atoms with van der Waals surface area (Å²) >= 11 is 0. The van der Waals surface area contributed by atoms with Gasteiger partial charge >= 0.3 is 0 Å². The highest BCUT2D eigenvalue weighted by Gasteiger charge is 2.09. The molecule has 5 nitrogen and oxygen atoms in total. The zero-order valence-electron chi connectivity index (χ0n) is 9.04. The molecule has 16 heavy (non-hydrogen) atoms. The molecule has 1 heterocycles. The van der Waals surface area contributed by atoms with Crippen LogP contribution in [0.5, 0.6) is 0 Å². The third-order valence-electron chi connectivity index (χ3n) is 1.82. The van der Waals surface area contributed by atoms with Crippen LogP contribution in [0.2, 0.25) is 0 Å². The van der Waals surface area contributed by atoms with Gasteiger partial charge in [-0.2, -0.15) is 0 Å². The number of hydrogen-bond donors (Lipinski definition) is 2. The van der Waals surface area contributed by atoms with E-state index in [0.29, 0.717) is 11.8 Å². The third kappa shape index (κ3) is 3.41. The molecule has 0 saturated heterocycles.